The number of nitrogens with zero attached hydrogens (tertiary/aromatic N) is 4. The van der Waals surface area contributed by atoms with Crippen LogP contribution in [0.2, 0.25) is 0 Å². The Hall–Kier alpha value is -2.29. The number of amides is 1. The van der Waals surface area contributed by atoms with Crippen LogP contribution in [0.5, 0.6) is 0 Å². The number of hydrogen-bond donors (Lipinski definition) is 3. The van der Waals surface area contributed by atoms with Crippen molar-refractivity contribution >= 4 is 11.9 Å². The SMILES string of the molecule is CCc1nc(C(=O)Nc2nnc(C3CCCN3)o2)n[nH]1. The highest BCUT2D eigenvalue weighted by atomic mass is 16.4. The average Bonchev–Trinajstić information content (AvgIpc) is 3.19. The first-order valence-electron chi connectivity index (χ1n) is 6.55. The van der Waals surface area contributed by atoms with Gasteiger partial charge in [-0.3, -0.25) is 15.2 Å². The van der Waals surface area contributed by atoms with E-state index in [9.17, 15) is 4.79 Å². The molecule has 3 N–H and O–H groups in total. The van der Waals surface area contributed by atoms with E-state index >= 15 is 0 Å². The summed E-state index contributed by atoms with van der Waals surface area (Å²) >= 11 is 0. The molecule has 0 aliphatic carbocycles. The Balaban J connectivity index is 1.66. The van der Waals surface area contributed by atoms with Gasteiger partial charge in [-0.15, -0.1) is 10.2 Å². The van der Waals surface area contributed by atoms with Crippen LogP contribution in [0.25, 0.3) is 0 Å². The number of anilines is 1. The predicted octanol–water partition coefficient (Wildman–Crippen LogP) is 0.427. The summed E-state index contributed by atoms with van der Waals surface area (Å²) in [5.41, 5.74) is 0. The van der Waals surface area contributed by atoms with Gasteiger partial charge in [0.2, 0.25) is 11.7 Å². The molecule has 0 saturated carbocycles. The van der Waals surface area contributed by atoms with Gasteiger partial charge in [-0.1, -0.05) is 12.0 Å². The van der Waals surface area contributed by atoms with E-state index in [-0.39, 0.29) is 17.9 Å². The zero-order valence-corrected chi connectivity index (χ0v) is 11.0. The van der Waals surface area contributed by atoms with Crippen molar-refractivity contribution in [3.63, 3.8) is 0 Å². The van der Waals surface area contributed by atoms with E-state index < -0.39 is 5.91 Å². The molecule has 1 atom stereocenters. The molecule has 1 amide bonds. The summed E-state index contributed by atoms with van der Waals surface area (Å²) in [5.74, 6) is 0.717. The topological polar surface area (TPSA) is 122 Å². The smallest absolute Gasteiger partial charge is 0.322 e. The molecule has 1 saturated heterocycles. The summed E-state index contributed by atoms with van der Waals surface area (Å²) in [6, 6.07) is 0.130. The van der Waals surface area contributed by atoms with Crippen molar-refractivity contribution in [2.45, 2.75) is 32.2 Å². The van der Waals surface area contributed by atoms with Crippen LogP contribution < -0.4 is 10.6 Å². The zero-order valence-electron chi connectivity index (χ0n) is 11.0. The first-order valence-corrected chi connectivity index (χ1v) is 6.55. The van der Waals surface area contributed by atoms with E-state index in [2.05, 4.69) is 36.0 Å². The molecular formula is C11H15N7O2. The molecule has 0 bridgehead atoms. The highest BCUT2D eigenvalue weighted by Gasteiger charge is 2.23. The van der Waals surface area contributed by atoms with Gasteiger partial charge in [0.05, 0.1) is 6.04 Å². The molecule has 1 unspecified atom stereocenters. The lowest BCUT2D eigenvalue weighted by atomic mass is 10.2. The Bertz CT molecular complexity index is 599. The number of H-pyrrole nitrogens is 1. The molecule has 0 aromatic carbocycles. The summed E-state index contributed by atoms with van der Waals surface area (Å²) in [6.07, 6.45) is 2.71. The Morgan fingerprint density at radius 2 is 2.40 bits per heavy atom. The fourth-order valence-electron chi connectivity index (χ4n) is 2.03. The minimum absolute atomic E-state index is 0.0561. The van der Waals surface area contributed by atoms with Gasteiger partial charge in [0.25, 0.3) is 5.91 Å². The molecule has 0 radical (unpaired) electrons. The highest BCUT2D eigenvalue weighted by Crippen LogP contribution is 2.22. The maximum atomic E-state index is 11.9. The molecule has 2 aromatic rings. The molecule has 9 nitrogen and oxygen atoms in total. The van der Waals surface area contributed by atoms with E-state index in [1.165, 1.54) is 0 Å². The van der Waals surface area contributed by atoms with Gasteiger partial charge in [0, 0.05) is 6.42 Å². The van der Waals surface area contributed by atoms with Gasteiger partial charge < -0.3 is 9.73 Å². The van der Waals surface area contributed by atoms with Crippen molar-refractivity contribution in [3.05, 3.63) is 17.5 Å². The van der Waals surface area contributed by atoms with Gasteiger partial charge in [0.15, 0.2) is 0 Å². The van der Waals surface area contributed by atoms with Crippen molar-refractivity contribution in [2.24, 2.45) is 0 Å². The minimum Gasteiger partial charge on any atom is -0.406 e. The molecule has 106 valence electrons. The minimum atomic E-state index is -0.476. The van der Waals surface area contributed by atoms with Crippen molar-refractivity contribution < 1.29 is 9.21 Å². The number of aromatic amines is 1. The number of nitrogens with one attached hydrogen (secondary N) is 3. The molecular weight excluding hydrogens is 262 g/mol. The number of carbonyl (C=O) groups excluding carboxylic acids is 1. The number of carbonyl (C=O) groups is 1. The predicted molar refractivity (Wildman–Crippen MR) is 68.0 cm³/mol. The Kier molecular flexibility index (Phi) is 3.42. The second-order valence-electron chi connectivity index (χ2n) is 4.51. The van der Waals surface area contributed by atoms with Crippen LogP contribution in [-0.2, 0) is 6.42 Å². The maximum absolute atomic E-state index is 11.9. The lowest BCUT2D eigenvalue weighted by Gasteiger charge is -2.02. The molecule has 9 heteroatoms. The largest absolute Gasteiger partial charge is 0.406 e. The van der Waals surface area contributed by atoms with Crippen LogP contribution in [0, 0.1) is 0 Å². The van der Waals surface area contributed by atoms with E-state index in [4.69, 9.17) is 4.42 Å². The zero-order chi connectivity index (χ0) is 13.9. The summed E-state index contributed by atoms with van der Waals surface area (Å²) in [5, 5.41) is 19.9. The summed E-state index contributed by atoms with van der Waals surface area (Å²) < 4.78 is 5.41. The second-order valence-corrected chi connectivity index (χ2v) is 4.51. The summed E-state index contributed by atoms with van der Waals surface area (Å²) in [4.78, 5) is 15.9. The second kappa shape index (κ2) is 5.37. The molecule has 3 heterocycles. The van der Waals surface area contributed by atoms with E-state index in [0.717, 1.165) is 19.4 Å². The first kappa shape index (κ1) is 12.7. The van der Waals surface area contributed by atoms with Crippen LogP contribution in [0.3, 0.4) is 0 Å². The molecule has 20 heavy (non-hydrogen) atoms. The lowest BCUT2D eigenvalue weighted by Crippen LogP contribution is -2.14. The molecule has 0 spiro atoms. The normalized spacial score (nSPS) is 18.4. The van der Waals surface area contributed by atoms with Crippen LogP contribution in [-0.4, -0.2) is 37.8 Å². The van der Waals surface area contributed by atoms with Gasteiger partial charge >= 0.3 is 6.01 Å². The fraction of sp³-hybridized carbons (Fsp3) is 0.545. The summed E-state index contributed by atoms with van der Waals surface area (Å²) in [7, 11) is 0. The quantitative estimate of drug-likeness (QED) is 0.740. The monoisotopic (exact) mass is 277 g/mol. The summed E-state index contributed by atoms with van der Waals surface area (Å²) in [6.45, 7) is 2.85. The Morgan fingerprint density at radius 3 is 3.10 bits per heavy atom. The molecule has 1 fully saturated rings. The van der Waals surface area contributed by atoms with E-state index in [1.807, 2.05) is 6.92 Å². The van der Waals surface area contributed by atoms with Crippen molar-refractivity contribution in [1.82, 2.24) is 30.7 Å². The number of rotatable bonds is 4. The van der Waals surface area contributed by atoms with Crippen molar-refractivity contribution in [3.8, 4) is 0 Å². The lowest BCUT2D eigenvalue weighted by molar-refractivity contribution is 0.101. The highest BCUT2D eigenvalue weighted by molar-refractivity contribution is 6.00. The van der Waals surface area contributed by atoms with Gasteiger partial charge in [-0.25, -0.2) is 4.98 Å². The van der Waals surface area contributed by atoms with Crippen LogP contribution in [0.1, 0.15) is 48.1 Å². The average molecular weight is 277 g/mol. The van der Waals surface area contributed by atoms with Crippen LogP contribution in [0.4, 0.5) is 6.01 Å². The number of aromatic nitrogens is 5. The third-order valence-electron chi connectivity index (χ3n) is 3.09. The standard InChI is InChI=1S/C11H15N7O2/c1-2-7-13-8(16-15-7)9(19)14-11-18-17-10(20-11)6-4-3-5-12-6/h6,12H,2-5H2,1H3,(H,13,15,16)(H,14,18,19). The maximum Gasteiger partial charge on any atom is 0.322 e. The molecule has 1 aliphatic rings. The third-order valence-corrected chi connectivity index (χ3v) is 3.09. The van der Waals surface area contributed by atoms with Crippen LogP contribution >= 0.6 is 0 Å². The Labute approximate surface area is 114 Å². The van der Waals surface area contributed by atoms with Crippen LogP contribution in [0.15, 0.2) is 4.42 Å². The molecule has 2 aromatic heterocycles. The van der Waals surface area contributed by atoms with E-state index in [0.29, 0.717) is 18.1 Å². The van der Waals surface area contributed by atoms with Gasteiger partial charge in [-0.05, 0) is 19.4 Å². The number of aryl methyl sites for hydroxylation is 1. The number of hydrogen-bond acceptors (Lipinski definition) is 7. The molecule has 1 aliphatic heterocycles. The Morgan fingerprint density at radius 1 is 1.50 bits per heavy atom. The van der Waals surface area contributed by atoms with E-state index in [1.54, 1.807) is 0 Å². The third kappa shape index (κ3) is 2.52. The van der Waals surface area contributed by atoms with Crippen molar-refractivity contribution in [2.75, 3.05) is 11.9 Å². The fourth-order valence-corrected chi connectivity index (χ4v) is 2.03. The van der Waals surface area contributed by atoms with Gasteiger partial charge in [0.1, 0.15) is 5.82 Å². The first-order chi connectivity index (χ1) is 9.76. The van der Waals surface area contributed by atoms with Crippen molar-refractivity contribution in [1.29, 1.82) is 0 Å². The molecule has 3 rings (SSSR count). The van der Waals surface area contributed by atoms with Gasteiger partial charge in [-0.2, -0.15) is 0 Å².